The van der Waals surface area contributed by atoms with Crippen LogP contribution in [-0.4, -0.2) is 16.8 Å². The summed E-state index contributed by atoms with van der Waals surface area (Å²) in [6, 6.07) is 6.13. The molecule has 25 heavy (non-hydrogen) atoms. The molecule has 3 rings (SSSR count). The number of nitrogens with zero attached hydrogens (tertiary/aromatic N) is 1. The van der Waals surface area contributed by atoms with Crippen LogP contribution in [0.1, 0.15) is 53.1 Å². The minimum Gasteiger partial charge on any atom is -0.341 e. The van der Waals surface area contributed by atoms with Gasteiger partial charge in [-0.05, 0) is 63.1 Å². The van der Waals surface area contributed by atoms with Crippen molar-refractivity contribution in [3.8, 4) is 0 Å². The molecule has 1 aliphatic rings. The number of rotatable bonds is 3. The summed E-state index contributed by atoms with van der Waals surface area (Å²) in [6.45, 7) is 5.70. The Morgan fingerprint density at radius 2 is 1.84 bits per heavy atom. The summed E-state index contributed by atoms with van der Waals surface area (Å²) in [5.41, 5.74) is 4.66. The van der Waals surface area contributed by atoms with E-state index in [1.807, 2.05) is 26.8 Å². The van der Waals surface area contributed by atoms with Crippen molar-refractivity contribution in [2.75, 3.05) is 5.32 Å². The van der Waals surface area contributed by atoms with Gasteiger partial charge in [0.25, 0.3) is 0 Å². The van der Waals surface area contributed by atoms with Gasteiger partial charge in [0.05, 0.1) is 11.7 Å². The minimum absolute atomic E-state index is 0.217. The molecule has 132 valence electrons. The van der Waals surface area contributed by atoms with Crippen LogP contribution in [0.15, 0.2) is 18.2 Å². The molecule has 0 aliphatic heterocycles. The van der Waals surface area contributed by atoms with Crippen LogP contribution in [0.5, 0.6) is 0 Å². The highest BCUT2D eigenvalue weighted by atomic mass is 32.1. The molecule has 1 aliphatic carbocycles. The lowest BCUT2D eigenvalue weighted by molar-refractivity contribution is -0.136. The molecule has 0 spiro atoms. The van der Waals surface area contributed by atoms with Crippen LogP contribution in [-0.2, 0) is 22.4 Å². The molecule has 6 heteroatoms. The monoisotopic (exact) mass is 357 g/mol. The van der Waals surface area contributed by atoms with Gasteiger partial charge in [-0.25, -0.2) is 4.98 Å². The second kappa shape index (κ2) is 7.35. The highest BCUT2D eigenvalue weighted by Crippen LogP contribution is 2.25. The van der Waals surface area contributed by atoms with Crippen molar-refractivity contribution < 1.29 is 9.59 Å². The van der Waals surface area contributed by atoms with E-state index in [4.69, 9.17) is 0 Å². The Morgan fingerprint density at radius 3 is 2.52 bits per heavy atom. The van der Waals surface area contributed by atoms with Crippen LogP contribution >= 0.6 is 11.3 Å². The molecule has 1 atom stereocenters. The number of nitrogens with one attached hydrogen (secondary N) is 2. The van der Waals surface area contributed by atoms with Gasteiger partial charge >= 0.3 is 11.8 Å². The van der Waals surface area contributed by atoms with E-state index in [-0.39, 0.29) is 6.04 Å². The molecular formula is C19H23N3O2S. The van der Waals surface area contributed by atoms with E-state index < -0.39 is 11.8 Å². The Labute approximate surface area is 151 Å². The lowest BCUT2D eigenvalue weighted by Crippen LogP contribution is -2.37. The molecule has 0 saturated carbocycles. The zero-order chi connectivity index (χ0) is 18.0. The zero-order valence-electron chi connectivity index (χ0n) is 14.8. The van der Waals surface area contributed by atoms with Crippen LogP contribution < -0.4 is 10.6 Å². The molecule has 0 fully saturated rings. The number of amides is 2. The number of anilines is 1. The van der Waals surface area contributed by atoms with Crippen molar-refractivity contribution in [3.05, 3.63) is 45.5 Å². The lowest BCUT2D eigenvalue weighted by Gasteiger charge is -2.19. The average molecular weight is 357 g/mol. The van der Waals surface area contributed by atoms with Crippen molar-refractivity contribution >= 4 is 28.3 Å². The Kier molecular flexibility index (Phi) is 5.18. The Bertz CT molecular complexity index is 793. The summed E-state index contributed by atoms with van der Waals surface area (Å²) in [5, 5.41) is 5.79. The Morgan fingerprint density at radius 1 is 1.12 bits per heavy atom. The van der Waals surface area contributed by atoms with Gasteiger partial charge in [-0.15, -0.1) is 11.3 Å². The van der Waals surface area contributed by atoms with E-state index in [1.165, 1.54) is 35.3 Å². The number of fused-ring (bicyclic) bond motifs is 1. The first kappa shape index (κ1) is 17.6. The fraction of sp³-hybridized carbons (Fsp3) is 0.421. The van der Waals surface area contributed by atoms with Gasteiger partial charge in [0.1, 0.15) is 0 Å². The van der Waals surface area contributed by atoms with Crippen molar-refractivity contribution in [2.45, 2.75) is 52.5 Å². The quantitative estimate of drug-likeness (QED) is 0.827. The van der Waals surface area contributed by atoms with Gasteiger partial charge in [-0.2, -0.15) is 0 Å². The fourth-order valence-corrected chi connectivity index (χ4v) is 3.86. The molecule has 1 aromatic carbocycles. The molecular weight excluding hydrogens is 334 g/mol. The molecule has 1 heterocycles. The molecule has 0 bridgehead atoms. The number of hydrogen-bond acceptors (Lipinski definition) is 4. The number of aryl methyl sites for hydroxylation is 4. The third kappa shape index (κ3) is 4.07. The lowest BCUT2D eigenvalue weighted by atomic mass is 9.89. The normalized spacial score (nSPS) is 14.5. The molecule has 0 radical (unpaired) electrons. The third-order valence-electron chi connectivity index (χ3n) is 4.68. The molecule has 2 N–H and O–H groups in total. The molecule has 2 aromatic rings. The fourth-order valence-electron chi connectivity index (χ4n) is 3.05. The molecule has 2 amide bonds. The Hall–Kier alpha value is -2.21. The second-order valence-electron chi connectivity index (χ2n) is 6.55. The smallest absolute Gasteiger partial charge is 0.315 e. The number of carbonyl (C=O) groups excluding carboxylic acids is 2. The van der Waals surface area contributed by atoms with Crippen LogP contribution in [0.3, 0.4) is 0 Å². The predicted octanol–water partition coefficient (Wildman–Crippen LogP) is 3.45. The minimum atomic E-state index is -0.682. The molecule has 1 unspecified atom stereocenters. The predicted molar refractivity (Wildman–Crippen MR) is 99.9 cm³/mol. The summed E-state index contributed by atoms with van der Waals surface area (Å²) < 4.78 is 0. The number of hydrogen-bond donors (Lipinski definition) is 2. The first-order valence-corrected chi connectivity index (χ1v) is 9.43. The van der Waals surface area contributed by atoms with E-state index in [0.29, 0.717) is 5.13 Å². The van der Waals surface area contributed by atoms with Gasteiger partial charge in [-0.1, -0.05) is 18.2 Å². The van der Waals surface area contributed by atoms with E-state index in [2.05, 4.69) is 27.8 Å². The van der Waals surface area contributed by atoms with Crippen LogP contribution in [0.4, 0.5) is 5.13 Å². The highest BCUT2D eigenvalue weighted by Gasteiger charge is 2.20. The van der Waals surface area contributed by atoms with Gasteiger partial charge in [-0.3, -0.25) is 14.9 Å². The van der Waals surface area contributed by atoms with Crippen LogP contribution in [0.2, 0.25) is 0 Å². The summed E-state index contributed by atoms with van der Waals surface area (Å²) in [5.74, 6) is -1.32. The first-order chi connectivity index (χ1) is 11.9. The molecule has 5 nitrogen and oxygen atoms in total. The van der Waals surface area contributed by atoms with E-state index in [1.54, 1.807) is 0 Å². The molecule has 1 aromatic heterocycles. The average Bonchev–Trinajstić information content (AvgIpc) is 2.91. The van der Waals surface area contributed by atoms with Gasteiger partial charge in [0.15, 0.2) is 5.13 Å². The molecule has 0 saturated heterocycles. The largest absolute Gasteiger partial charge is 0.341 e. The maximum atomic E-state index is 12.2. The number of aromatic nitrogens is 1. The van der Waals surface area contributed by atoms with Gasteiger partial charge < -0.3 is 5.32 Å². The number of carbonyl (C=O) groups is 2. The third-order valence-corrected chi connectivity index (χ3v) is 5.66. The van der Waals surface area contributed by atoms with Crippen molar-refractivity contribution in [3.63, 3.8) is 0 Å². The zero-order valence-corrected chi connectivity index (χ0v) is 15.6. The number of thiazole rings is 1. The summed E-state index contributed by atoms with van der Waals surface area (Å²) in [6.07, 6.45) is 4.68. The van der Waals surface area contributed by atoms with E-state index >= 15 is 0 Å². The summed E-state index contributed by atoms with van der Waals surface area (Å²) in [4.78, 5) is 29.5. The summed E-state index contributed by atoms with van der Waals surface area (Å²) >= 11 is 1.37. The summed E-state index contributed by atoms with van der Waals surface area (Å²) in [7, 11) is 0. The Balaban J connectivity index is 1.62. The number of benzene rings is 1. The van der Waals surface area contributed by atoms with Gasteiger partial charge in [0, 0.05) is 4.88 Å². The van der Waals surface area contributed by atoms with Crippen LogP contribution in [0, 0.1) is 13.8 Å². The highest BCUT2D eigenvalue weighted by molar-refractivity contribution is 7.15. The van der Waals surface area contributed by atoms with Crippen LogP contribution in [0.25, 0.3) is 0 Å². The maximum Gasteiger partial charge on any atom is 0.315 e. The van der Waals surface area contributed by atoms with E-state index in [0.717, 1.165) is 29.0 Å². The van der Waals surface area contributed by atoms with Gasteiger partial charge in [0.2, 0.25) is 0 Å². The SMILES string of the molecule is Cc1nc(NC(=O)C(=O)NC(C)c2ccc3c(c2)CCCC3)sc1C. The van der Waals surface area contributed by atoms with Crippen molar-refractivity contribution in [2.24, 2.45) is 0 Å². The first-order valence-electron chi connectivity index (χ1n) is 8.61. The second-order valence-corrected chi connectivity index (χ2v) is 7.75. The standard InChI is InChI=1S/C19H23N3O2S/c1-11-13(3)25-19(21-11)22-18(24)17(23)20-12(2)15-9-8-14-6-4-5-7-16(14)10-15/h8-10,12H,4-7H2,1-3H3,(H,20,23)(H,21,22,24). The van der Waals surface area contributed by atoms with Crippen molar-refractivity contribution in [1.82, 2.24) is 10.3 Å². The maximum absolute atomic E-state index is 12.2. The topological polar surface area (TPSA) is 71.1 Å². The van der Waals surface area contributed by atoms with E-state index in [9.17, 15) is 9.59 Å². The van der Waals surface area contributed by atoms with Crippen molar-refractivity contribution in [1.29, 1.82) is 0 Å².